The third-order valence-corrected chi connectivity index (χ3v) is 6.18. The van der Waals surface area contributed by atoms with Gasteiger partial charge in [0.15, 0.2) is 0 Å². The number of rotatable bonds is 3. The molecule has 0 aliphatic carbocycles. The molecule has 4 nitrogen and oxygen atoms in total. The van der Waals surface area contributed by atoms with Gasteiger partial charge >= 0.3 is 0 Å². The average molecular weight is 317 g/mol. The molecule has 0 aromatic heterocycles. The van der Waals surface area contributed by atoms with Gasteiger partial charge in [-0.2, -0.15) is 4.31 Å². The Balaban J connectivity index is 2.25. The van der Waals surface area contributed by atoms with E-state index in [1.54, 1.807) is 10.4 Å². The van der Waals surface area contributed by atoms with Crippen LogP contribution in [0.3, 0.4) is 0 Å². The first kappa shape index (κ1) is 15.6. The summed E-state index contributed by atoms with van der Waals surface area (Å²) in [5.74, 6) is 0.623. The fraction of sp³-hybridized carbons (Fsp3) is 0.571. The largest absolute Gasteiger partial charge is 0.398 e. The number of sulfonamides is 1. The molecule has 1 atom stereocenters. The third-order valence-electron chi connectivity index (χ3n) is 3.97. The molecule has 2 N–H and O–H groups in total. The molecular weight excluding hydrogens is 296 g/mol. The molecule has 0 saturated carbocycles. The van der Waals surface area contributed by atoms with Crippen molar-refractivity contribution in [2.45, 2.75) is 37.5 Å². The lowest BCUT2D eigenvalue weighted by molar-refractivity contribution is 0.407. The van der Waals surface area contributed by atoms with Crippen molar-refractivity contribution in [3.63, 3.8) is 0 Å². The topological polar surface area (TPSA) is 63.4 Å². The average Bonchev–Trinajstić information content (AvgIpc) is 2.63. The van der Waals surface area contributed by atoms with Gasteiger partial charge in [0, 0.05) is 18.1 Å². The van der Waals surface area contributed by atoms with Crippen LogP contribution in [-0.2, 0) is 10.0 Å². The SMILES string of the molecule is CCC1CCCN(S(=O)(=O)c2ccc(Cl)cc2N)CC1. The lowest BCUT2D eigenvalue weighted by Crippen LogP contribution is -2.32. The zero-order valence-electron chi connectivity index (χ0n) is 11.7. The van der Waals surface area contributed by atoms with E-state index in [1.165, 1.54) is 12.1 Å². The molecule has 1 aromatic carbocycles. The molecule has 1 aromatic rings. The summed E-state index contributed by atoms with van der Waals surface area (Å²) >= 11 is 5.83. The van der Waals surface area contributed by atoms with Gasteiger partial charge in [0.1, 0.15) is 4.90 Å². The fourth-order valence-electron chi connectivity index (χ4n) is 2.68. The molecule has 6 heteroatoms. The van der Waals surface area contributed by atoms with Crippen molar-refractivity contribution in [1.29, 1.82) is 0 Å². The van der Waals surface area contributed by atoms with Crippen molar-refractivity contribution >= 4 is 27.3 Å². The van der Waals surface area contributed by atoms with E-state index >= 15 is 0 Å². The third kappa shape index (κ3) is 3.27. The van der Waals surface area contributed by atoms with Crippen LogP contribution in [0.1, 0.15) is 32.6 Å². The molecule has 0 spiro atoms. The second kappa shape index (κ2) is 6.33. The smallest absolute Gasteiger partial charge is 0.245 e. The van der Waals surface area contributed by atoms with E-state index in [9.17, 15) is 8.42 Å². The predicted molar refractivity (Wildman–Crippen MR) is 82.3 cm³/mol. The van der Waals surface area contributed by atoms with Gasteiger partial charge in [-0.15, -0.1) is 0 Å². The summed E-state index contributed by atoms with van der Waals surface area (Å²) in [7, 11) is -3.51. The first-order valence-corrected chi connectivity index (χ1v) is 8.82. The van der Waals surface area contributed by atoms with E-state index in [0.29, 0.717) is 24.0 Å². The van der Waals surface area contributed by atoms with Gasteiger partial charge in [0.05, 0.1) is 5.69 Å². The van der Waals surface area contributed by atoms with Crippen LogP contribution in [0.25, 0.3) is 0 Å². The Labute approximate surface area is 126 Å². The number of anilines is 1. The van der Waals surface area contributed by atoms with Crippen molar-refractivity contribution in [1.82, 2.24) is 4.31 Å². The maximum atomic E-state index is 12.7. The van der Waals surface area contributed by atoms with Gasteiger partial charge in [-0.05, 0) is 43.4 Å². The van der Waals surface area contributed by atoms with E-state index < -0.39 is 10.0 Å². The van der Waals surface area contributed by atoms with Crippen LogP contribution in [0.15, 0.2) is 23.1 Å². The monoisotopic (exact) mass is 316 g/mol. The Morgan fingerprint density at radius 1 is 1.35 bits per heavy atom. The van der Waals surface area contributed by atoms with Crippen molar-refractivity contribution in [2.75, 3.05) is 18.8 Å². The van der Waals surface area contributed by atoms with E-state index in [0.717, 1.165) is 25.7 Å². The predicted octanol–water partition coefficient (Wildman–Crippen LogP) is 3.12. The van der Waals surface area contributed by atoms with Crippen molar-refractivity contribution in [2.24, 2.45) is 5.92 Å². The second-order valence-corrected chi connectivity index (χ2v) is 7.63. The number of nitrogens with two attached hydrogens (primary N) is 1. The summed E-state index contributed by atoms with van der Waals surface area (Å²) in [6.07, 6.45) is 4.03. The maximum absolute atomic E-state index is 12.7. The molecule has 20 heavy (non-hydrogen) atoms. The van der Waals surface area contributed by atoms with E-state index in [2.05, 4.69) is 6.92 Å². The molecular formula is C14H21ClN2O2S. The normalized spacial score (nSPS) is 21.6. The number of hydrogen-bond acceptors (Lipinski definition) is 3. The minimum absolute atomic E-state index is 0.164. The zero-order chi connectivity index (χ0) is 14.8. The van der Waals surface area contributed by atoms with Crippen molar-refractivity contribution in [3.8, 4) is 0 Å². The molecule has 2 rings (SSSR count). The number of nitrogen functional groups attached to an aromatic ring is 1. The van der Waals surface area contributed by atoms with E-state index in [4.69, 9.17) is 17.3 Å². The number of benzene rings is 1. The molecule has 0 bridgehead atoms. The van der Waals surface area contributed by atoms with Gasteiger partial charge in [-0.1, -0.05) is 24.9 Å². The van der Waals surface area contributed by atoms with Gasteiger partial charge in [-0.3, -0.25) is 0 Å². The van der Waals surface area contributed by atoms with Crippen LogP contribution < -0.4 is 5.73 Å². The number of halogens is 1. The van der Waals surface area contributed by atoms with E-state index in [-0.39, 0.29) is 10.6 Å². The molecule has 1 aliphatic heterocycles. The first-order valence-electron chi connectivity index (χ1n) is 7.00. The lowest BCUT2D eigenvalue weighted by atomic mass is 9.98. The Hall–Kier alpha value is -0.780. The molecule has 112 valence electrons. The van der Waals surface area contributed by atoms with Gasteiger partial charge in [-0.25, -0.2) is 8.42 Å². The Bertz CT molecular complexity index is 575. The Morgan fingerprint density at radius 3 is 2.75 bits per heavy atom. The van der Waals surface area contributed by atoms with Crippen LogP contribution >= 0.6 is 11.6 Å². The minimum atomic E-state index is -3.51. The van der Waals surface area contributed by atoms with E-state index in [1.807, 2.05) is 0 Å². The Kier molecular flexibility index (Phi) is 4.94. The van der Waals surface area contributed by atoms with Crippen LogP contribution in [0.4, 0.5) is 5.69 Å². The first-order chi connectivity index (χ1) is 9.45. The van der Waals surface area contributed by atoms with Crippen molar-refractivity contribution < 1.29 is 8.42 Å². The second-order valence-electron chi connectivity index (χ2n) is 5.29. The minimum Gasteiger partial charge on any atom is -0.398 e. The lowest BCUT2D eigenvalue weighted by Gasteiger charge is -2.21. The fourth-order valence-corrected chi connectivity index (χ4v) is 4.45. The Morgan fingerprint density at radius 2 is 2.10 bits per heavy atom. The maximum Gasteiger partial charge on any atom is 0.245 e. The van der Waals surface area contributed by atoms with Crippen molar-refractivity contribution in [3.05, 3.63) is 23.2 Å². The summed E-state index contributed by atoms with van der Waals surface area (Å²) < 4.78 is 26.9. The standard InChI is InChI=1S/C14H21ClN2O2S/c1-2-11-4-3-8-17(9-7-11)20(18,19)14-6-5-12(15)10-13(14)16/h5-6,10-11H,2-4,7-9,16H2,1H3. The summed E-state index contributed by atoms with van der Waals surface area (Å²) in [6.45, 7) is 3.30. The van der Waals surface area contributed by atoms with Gasteiger partial charge < -0.3 is 5.73 Å². The highest BCUT2D eigenvalue weighted by molar-refractivity contribution is 7.89. The molecule has 1 fully saturated rings. The summed E-state index contributed by atoms with van der Waals surface area (Å²) in [5.41, 5.74) is 6.03. The van der Waals surface area contributed by atoms with Crippen LogP contribution in [0.2, 0.25) is 5.02 Å². The highest BCUT2D eigenvalue weighted by Crippen LogP contribution is 2.28. The summed E-state index contributed by atoms with van der Waals surface area (Å²) in [5, 5.41) is 0.448. The highest BCUT2D eigenvalue weighted by Gasteiger charge is 2.28. The summed E-state index contributed by atoms with van der Waals surface area (Å²) in [6, 6.07) is 4.55. The molecule has 1 heterocycles. The number of nitrogens with zero attached hydrogens (tertiary/aromatic N) is 1. The highest BCUT2D eigenvalue weighted by atomic mass is 35.5. The van der Waals surface area contributed by atoms with Crippen LogP contribution in [0, 0.1) is 5.92 Å². The van der Waals surface area contributed by atoms with Crippen LogP contribution in [0.5, 0.6) is 0 Å². The molecule has 0 radical (unpaired) electrons. The quantitative estimate of drug-likeness (QED) is 0.871. The van der Waals surface area contributed by atoms with Gasteiger partial charge in [0.25, 0.3) is 0 Å². The molecule has 1 aliphatic rings. The molecule has 1 saturated heterocycles. The molecule has 1 unspecified atom stereocenters. The summed E-state index contributed by atoms with van der Waals surface area (Å²) in [4.78, 5) is 0.164. The van der Waals surface area contributed by atoms with Crippen LogP contribution in [-0.4, -0.2) is 25.8 Å². The van der Waals surface area contributed by atoms with Gasteiger partial charge in [0.2, 0.25) is 10.0 Å². The zero-order valence-corrected chi connectivity index (χ0v) is 13.3. The number of hydrogen-bond donors (Lipinski definition) is 1. The molecule has 0 amide bonds.